The molecule has 1 aromatic rings. The molecule has 0 spiro atoms. The van der Waals surface area contributed by atoms with Crippen LogP contribution in [0.3, 0.4) is 0 Å². The van der Waals surface area contributed by atoms with E-state index in [0.717, 1.165) is 5.56 Å². The predicted octanol–water partition coefficient (Wildman–Crippen LogP) is 5.42. The van der Waals surface area contributed by atoms with Crippen molar-refractivity contribution in [3.05, 3.63) is 35.9 Å². The lowest BCUT2D eigenvalue weighted by atomic mass is 10.0. The highest BCUT2D eigenvalue weighted by Crippen LogP contribution is 2.18. The van der Waals surface area contributed by atoms with E-state index in [2.05, 4.69) is 29.5 Å². The SMILES string of the molecule is CCCCCCCC(I)CC(=O)c1ccccc1. The van der Waals surface area contributed by atoms with E-state index in [0.29, 0.717) is 10.3 Å². The summed E-state index contributed by atoms with van der Waals surface area (Å²) in [6.07, 6.45) is 8.39. The molecule has 2 heteroatoms. The highest BCUT2D eigenvalue weighted by molar-refractivity contribution is 14.1. The molecule has 1 unspecified atom stereocenters. The average molecular weight is 358 g/mol. The second-order valence-corrected chi connectivity index (χ2v) is 6.56. The number of carbonyl (C=O) groups is 1. The number of carbonyl (C=O) groups excluding carboxylic acids is 1. The molecule has 100 valence electrons. The zero-order valence-corrected chi connectivity index (χ0v) is 13.4. The minimum absolute atomic E-state index is 0.281. The summed E-state index contributed by atoms with van der Waals surface area (Å²) in [5, 5.41) is 0. The van der Waals surface area contributed by atoms with Crippen LogP contribution in [0.4, 0.5) is 0 Å². The lowest BCUT2D eigenvalue weighted by Crippen LogP contribution is -2.08. The third-order valence-corrected chi connectivity index (χ3v) is 4.19. The Morgan fingerprint density at radius 3 is 2.44 bits per heavy atom. The molecule has 0 aliphatic heterocycles. The molecule has 1 rings (SSSR count). The Bertz CT molecular complexity index is 334. The van der Waals surface area contributed by atoms with E-state index in [1.807, 2.05) is 30.3 Å². The molecule has 0 amide bonds. The van der Waals surface area contributed by atoms with Crippen LogP contribution in [-0.2, 0) is 0 Å². The fourth-order valence-electron chi connectivity index (χ4n) is 2.01. The van der Waals surface area contributed by atoms with Gasteiger partial charge in [-0.2, -0.15) is 0 Å². The molecular formula is C16H23IO. The third-order valence-electron chi connectivity index (χ3n) is 3.12. The average Bonchev–Trinajstić information content (AvgIpc) is 2.39. The number of alkyl halides is 1. The first-order chi connectivity index (χ1) is 8.74. The summed E-state index contributed by atoms with van der Waals surface area (Å²) in [6, 6.07) is 9.63. The summed E-state index contributed by atoms with van der Waals surface area (Å²) in [5.41, 5.74) is 0.852. The van der Waals surface area contributed by atoms with Crippen LogP contribution in [0.25, 0.3) is 0 Å². The largest absolute Gasteiger partial charge is 0.294 e. The Kier molecular flexibility index (Phi) is 8.31. The number of hydrogen-bond acceptors (Lipinski definition) is 1. The maximum absolute atomic E-state index is 12.0. The van der Waals surface area contributed by atoms with Crippen LogP contribution in [0, 0.1) is 0 Å². The van der Waals surface area contributed by atoms with Crippen LogP contribution >= 0.6 is 22.6 Å². The van der Waals surface area contributed by atoms with Crippen molar-refractivity contribution in [2.45, 2.75) is 55.8 Å². The Balaban J connectivity index is 2.20. The van der Waals surface area contributed by atoms with Crippen molar-refractivity contribution < 1.29 is 4.79 Å². The Morgan fingerprint density at radius 1 is 1.11 bits per heavy atom. The lowest BCUT2D eigenvalue weighted by Gasteiger charge is -2.08. The van der Waals surface area contributed by atoms with Gasteiger partial charge in [0.15, 0.2) is 5.78 Å². The van der Waals surface area contributed by atoms with Crippen LogP contribution in [-0.4, -0.2) is 9.71 Å². The van der Waals surface area contributed by atoms with Crippen molar-refractivity contribution in [2.75, 3.05) is 0 Å². The van der Waals surface area contributed by atoms with Gasteiger partial charge in [-0.1, -0.05) is 92.0 Å². The van der Waals surface area contributed by atoms with Crippen molar-refractivity contribution in [3.8, 4) is 0 Å². The van der Waals surface area contributed by atoms with E-state index in [1.165, 1.54) is 38.5 Å². The van der Waals surface area contributed by atoms with Gasteiger partial charge in [0, 0.05) is 15.9 Å². The lowest BCUT2D eigenvalue weighted by molar-refractivity contribution is 0.0982. The predicted molar refractivity (Wildman–Crippen MR) is 86.6 cm³/mol. The fourth-order valence-corrected chi connectivity index (χ4v) is 2.85. The zero-order valence-electron chi connectivity index (χ0n) is 11.2. The highest BCUT2D eigenvalue weighted by atomic mass is 127. The van der Waals surface area contributed by atoms with Gasteiger partial charge in [-0.25, -0.2) is 0 Å². The van der Waals surface area contributed by atoms with Crippen LogP contribution in [0.2, 0.25) is 0 Å². The zero-order chi connectivity index (χ0) is 13.2. The molecule has 0 aliphatic carbocycles. The smallest absolute Gasteiger partial charge is 0.163 e. The van der Waals surface area contributed by atoms with Gasteiger partial charge in [0.05, 0.1) is 0 Å². The normalized spacial score (nSPS) is 12.3. The minimum atomic E-state index is 0.281. The summed E-state index contributed by atoms with van der Waals surface area (Å²) in [4.78, 5) is 12.0. The van der Waals surface area contributed by atoms with Crippen LogP contribution in [0.5, 0.6) is 0 Å². The standard InChI is InChI=1S/C16H23IO/c1-2-3-4-5-9-12-15(17)13-16(18)14-10-7-6-8-11-14/h6-8,10-11,15H,2-5,9,12-13H2,1H3. The molecule has 0 aromatic heterocycles. The Labute approximate surface area is 125 Å². The maximum Gasteiger partial charge on any atom is 0.163 e. The molecule has 1 nitrogen and oxygen atoms in total. The number of unbranched alkanes of at least 4 members (excludes halogenated alkanes) is 4. The summed E-state index contributed by atoms with van der Waals surface area (Å²) < 4.78 is 0.483. The maximum atomic E-state index is 12.0. The molecule has 0 aliphatic rings. The first-order valence-corrected chi connectivity index (χ1v) is 8.21. The molecule has 0 saturated heterocycles. The van der Waals surface area contributed by atoms with E-state index in [4.69, 9.17) is 0 Å². The van der Waals surface area contributed by atoms with Crippen LogP contribution < -0.4 is 0 Å². The molecular weight excluding hydrogens is 335 g/mol. The van der Waals surface area contributed by atoms with Crippen LogP contribution in [0.1, 0.15) is 62.2 Å². The number of Topliss-reactive ketones (excluding diaryl/α,β-unsaturated/α-hetero) is 1. The van der Waals surface area contributed by atoms with E-state index < -0.39 is 0 Å². The number of ketones is 1. The van der Waals surface area contributed by atoms with E-state index in [-0.39, 0.29) is 5.78 Å². The molecule has 0 bridgehead atoms. The number of rotatable bonds is 9. The summed E-state index contributed by atoms with van der Waals surface area (Å²) in [6.45, 7) is 2.24. The summed E-state index contributed by atoms with van der Waals surface area (Å²) >= 11 is 2.42. The van der Waals surface area contributed by atoms with E-state index in [1.54, 1.807) is 0 Å². The van der Waals surface area contributed by atoms with Crippen molar-refractivity contribution in [1.82, 2.24) is 0 Å². The first kappa shape index (κ1) is 15.7. The molecule has 0 heterocycles. The molecule has 18 heavy (non-hydrogen) atoms. The van der Waals surface area contributed by atoms with Crippen molar-refractivity contribution >= 4 is 28.4 Å². The Hall–Kier alpha value is -0.380. The summed E-state index contributed by atoms with van der Waals surface area (Å²) in [7, 11) is 0. The second-order valence-electron chi connectivity index (χ2n) is 4.79. The van der Waals surface area contributed by atoms with Gasteiger partial charge in [-0.3, -0.25) is 4.79 Å². The topological polar surface area (TPSA) is 17.1 Å². The number of halogens is 1. The summed E-state index contributed by atoms with van der Waals surface area (Å²) in [5.74, 6) is 0.281. The number of hydrogen-bond donors (Lipinski definition) is 0. The van der Waals surface area contributed by atoms with Crippen molar-refractivity contribution in [3.63, 3.8) is 0 Å². The van der Waals surface area contributed by atoms with E-state index >= 15 is 0 Å². The quantitative estimate of drug-likeness (QED) is 0.249. The first-order valence-electron chi connectivity index (χ1n) is 6.96. The van der Waals surface area contributed by atoms with Crippen molar-refractivity contribution in [1.29, 1.82) is 0 Å². The number of benzene rings is 1. The fraction of sp³-hybridized carbons (Fsp3) is 0.562. The van der Waals surface area contributed by atoms with Gasteiger partial charge in [0.2, 0.25) is 0 Å². The monoisotopic (exact) mass is 358 g/mol. The van der Waals surface area contributed by atoms with Crippen molar-refractivity contribution in [2.24, 2.45) is 0 Å². The Morgan fingerprint density at radius 2 is 1.78 bits per heavy atom. The van der Waals surface area contributed by atoms with Gasteiger partial charge < -0.3 is 0 Å². The van der Waals surface area contributed by atoms with Gasteiger partial charge in [-0.15, -0.1) is 0 Å². The second kappa shape index (κ2) is 9.54. The van der Waals surface area contributed by atoms with Gasteiger partial charge in [-0.05, 0) is 6.42 Å². The van der Waals surface area contributed by atoms with Gasteiger partial charge >= 0.3 is 0 Å². The van der Waals surface area contributed by atoms with Crippen LogP contribution in [0.15, 0.2) is 30.3 Å². The molecule has 1 atom stereocenters. The molecule has 0 N–H and O–H groups in total. The molecule has 0 radical (unpaired) electrons. The third kappa shape index (κ3) is 6.53. The molecule has 0 saturated carbocycles. The molecule has 1 aromatic carbocycles. The molecule has 0 fully saturated rings. The van der Waals surface area contributed by atoms with Gasteiger partial charge in [0.25, 0.3) is 0 Å². The van der Waals surface area contributed by atoms with E-state index in [9.17, 15) is 4.79 Å². The highest BCUT2D eigenvalue weighted by Gasteiger charge is 2.11. The minimum Gasteiger partial charge on any atom is -0.294 e. The van der Waals surface area contributed by atoms with Gasteiger partial charge in [0.1, 0.15) is 0 Å².